The molecule has 2 unspecified atom stereocenters. The largest absolute Gasteiger partial charge is 0.508 e. The van der Waals surface area contributed by atoms with Crippen LogP contribution in [0.15, 0.2) is 0 Å². The summed E-state index contributed by atoms with van der Waals surface area (Å²) in [5, 5.41) is 0. The summed E-state index contributed by atoms with van der Waals surface area (Å²) in [5.74, 6) is 1.03. The number of methoxy groups -OCH3 is 1. The highest BCUT2D eigenvalue weighted by Gasteiger charge is 2.49. The fourth-order valence-electron chi connectivity index (χ4n) is 4.58. The molecule has 2 aliphatic carbocycles. The molecule has 2 rings (SSSR count). The van der Waals surface area contributed by atoms with Gasteiger partial charge < -0.3 is 14.2 Å². The minimum atomic E-state index is -0.580. The molecule has 0 N–H and O–H groups in total. The summed E-state index contributed by atoms with van der Waals surface area (Å²) in [6.45, 7) is 5.28. The third-order valence-corrected chi connectivity index (χ3v) is 5.16. The van der Waals surface area contributed by atoms with Gasteiger partial charge >= 0.3 is 6.16 Å². The molecule has 2 atom stereocenters. The Hall–Kier alpha value is -1.26. The van der Waals surface area contributed by atoms with E-state index in [1.807, 2.05) is 0 Å². The molecule has 0 aliphatic heterocycles. The molecule has 0 aromatic carbocycles. The Kier molecular flexibility index (Phi) is 4.79. The molecule has 2 aliphatic rings. The molecule has 5 heteroatoms. The molecule has 2 fully saturated rings. The van der Waals surface area contributed by atoms with Gasteiger partial charge in [-0.15, -0.1) is 0 Å². The molecule has 2 bridgehead atoms. The lowest BCUT2D eigenvalue weighted by Gasteiger charge is -2.51. The van der Waals surface area contributed by atoms with Gasteiger partial charge in [-0.25, -0.2) is 4.79 Å². The first-order chi connectivity index (χ1) is 9.94. The highest BCUT2D eigenvalue weighted by molar-refractivity contribution is 5.60. The van der Waals surface area contributed by atoms with Crippen molar-refractivity contribution in [3.8, 4) is 0 Å². The fourth-order valence-corrected chi connectivity index (χ4v) is 4.58. The minimum absolute atomic E-state index is 0.0552. The van der Waals surface area contributed by atoms with Crippen molar-refractivity contribution < 1.29 is 23.8 Å². The van der Waals surface area contributed by atoms with Crippen molar-refractivity contribution in [1.82, 2.24) is 0 Å². The van der Waals surface area contributed by atoms with Crippen molar-refractivity contribution in [3.05, 3.63) is 0 Å². The molecular weight excluding hydrogens is 272 g/mol. The van der Waals surface area contributed by atoms with Gasteiger partial charge in [0.05, 0.1) is 13.7 Å². The lowest BCUT2D eigenvalue weighted by atomic mass is 9.58. The first-order valence-electron chi connectivity index (χ1n) is 7.76. The smallest absolute Gasteiger partial charge is 0.467 e. The monoisotopic (exact) mass is 298 g/mol. The summed E-state index contributed by atoms with van der Waals surface area (Å²) in [6.07, 6.45) is 5.22. The maximum absolute atomic E-state index is 11.5. The number of fused-ring (bicyclic) bond motifs is 2. The average Bonchev–Trinajstić information content (AvgIpc) is 2.43. The summed E-state index contributed by atoms with van der Waals surface area (Å²) < 4.78 is 15.3. The zero-order valence-corrected chi connectivity index (χ0v) is 13.2. The van der Waals surface area contributed by atoms with Crippen molar-refractivity contribution >= 4 is 12.6 Å². The third kappa shape index (κ3) is 3.69. The molecule has 0 saturated heterocycles. The van der Waals surface area contributed by atoms with E-state index in [0.29, 0.717) is 24.9 Å². The van der Waals surface area contributed by atoms with Gasteiger partial charge in [0.15, 0.2) is 0 Å². The second-order valence-corrected chi connectivity index (χ2v) is 7.09. The van der Waals surface area contributed by atoms with Crippen LogP contribution >= 0.6 is 0 Å². The molecule has 0 aromatic rings. The molecule has 5 nitrogen and oxygen atoms in total. The summed E-state index contributed by atoms with van der Waals surface area (Å²) >= 11 is 0. The number of carbonyl (C=O) groups excluding carboxylic acids is 2. The Morgan fingerprint density at radius 1 is 1.24 bits per heavy atom. The highest BCUT2D eigenvalue weighted by Crippen LogP contribution is 2.53. The Morgan fingerprint density at radius 2 is 1.86 bits per heavy atom. The minimum Gasteiger partial charge on any atom is -0.467 e. The molecule has 0 amide bonds. The number of hydrogen-bond donors (Lipinski definition) is 0. The first-order valence-corrected chi connectivity index (χ1v) is 7.76. The standard InChI is InChI=1S/C16H26O5/c1-4-16(21-14(18)19-3)8-12-5-13(9-16)7-15(2,6-12)10-20-11-17/h11-13H,4-10H2,1-3H3. The predicted molar refractivity (Wildman–Crippen MR) is 76.7 cm³/mol. The Morgan fingerprint density at radius 3 is 2.33 bits per heavy atom. The van der Waals surface area contributed by atoms with Crippen LogP contribution in [0.4, 0.5) is 4.79 Å². The number of rotatable bonds is 5. The van der Waals surface area contributed by atoms with Crippen LogP contribution in [0.25, 0.3) is 0 Å². The van der Waals surface area contributed by atoms with Crippen LogP contribution in [0.3, 0.4) is 0 Å². The van der Waals surface area contributed by atoms with E-state index in [0.717, 1.165) is 32.1 Å². The van der Waals surface area contributed by atoms with Crippen LogP contribution < -0.4 is 0 Å². The van der Waals surface area contributed by atoms with Crippen molar-refractivity contribution in [2.45, 2.75) is 58.0 Å². The van der Waals surface area contributed by atoms with Gasteiger partial charge in [0, 0.05) is 5.41 Å². The Balaban J connectivity index is 2.06. The van der Waals surface area contributed by atoms with E-state index in [2.05, 4.69) is 18.6 Å². The third-order valence-electron chi connectivity index (χ3n) is 5.16. The van der Waals surface area contributed by atoms with Crippen LogP contribution in [0.5, 0.6) is 0 Å². The number of ether oxygens (including phenoxy) is 3. The van der Waals surface area contributed by atoms with Crippen LogP contribution in [0, 0.1) is 17.3 Å². The van der Waals surface area contributed by atoms with Crippen molar-refractivity contribution in [2.24, 2.45) is 17.3 Å². The van der Waals surface area contributed by atoms with Crippen LogP contribution in [0.2, 0.25) is 0 Å². The van der Waals surface area contributed by atoms with Crippen molar-refractivity contribution in [2.75, 3.05) is 13.7 Å². The van der Waals surface area contributed by atoms with Crippen LogP contribution in [-0.4, -0.2) is 31.9 Å². The molecular formula is C16H26O5. The Labute approximate surface area is 126 Å². The number of carbonyl (C=O) groups is 2. The second-order valence-electron chi connectivity index (χ2n) is 7.09. The van der Waals surface area contributed by atoms with Gasteiger partial charge in [-0.2, -0.15) is 0 Å². The first kappa shape index (κ1) is 16.1. The molecule has 0 spiro atoms. The lowest BCUT2D eigenvalue weighted by molar-refractivity contribution is -0.138. The molecule has 0 heterocycles. The van der Waals surface area contributed by atoms with Gasteiger partial charge in [0.1, 0.15) is 5.60 Å². The predicted octanol–water partition coefficient (Wildman–Crippen LogP) is 3.31. The maximum atomic E-state index is 11.5. The van der Waals surface area contributed by atoms with E-state index in [1.165, 1.54) is 13.5 Å². The summed E-state index contributed by atoms with van der Waals surface area (Å²) in [7, 11) is 1.35. The van der Waals surface area contributed by atoms with Crippen LogP contribution in [0.1, 0.15) is 52.4 Å². The quantitative estimate of drug-likeness (QED) is 0.575. The Bertz CT molecular complexity index is 378. The van der Waals surface area contributed by atoms with E-state index in [4.69, 9.17) is 9.47 Å². The van der Waals surface area contributed by atoms with Gasteiger partial charge in [0.2, 0.25) is 0 Å². The normalized spacial score (nSPS) is 38.4. The molecule has 0 radical (unpaired) electrons. The topological polar surface area (TPSA) is 61.8 Å². The molecule has 0 aromatic heterocycles. The zero-order valence-electron chi connectivity index (χ0n) is 13.2. The van der Waals surface area contributed by atoms with E-state index < -0.39 is 6.16 Å². The average molecular weight is 298 g/mol. The van der Waals surface area contributed by atoms with E-state index in [-0.39, 0.29) is 11.0 Å². The van der Waals surface area contributed by atoms with E-state index in [1.54, 1.807) is 0 Å². The van der Waals surface area contributed by atoms with E-state index in [9.17, 15) is 9.59 Å². The zero-order chi connectivity index (χ0) is 15.5. The summed E-state index contributed by atoms with van der Waals surface area (Å²) in [5.41, 5.74) is -0.326. The number of hydrogen-bond acceptors (Lipinski definition) is 5. The second kappa shape index (κ2) is 6.24. The van der Waals surface area contributed by atoms with Gasteiger partial charge in [-0.05, 0) is 50.4 Å². The highest BCUT2D eigenvalue weighted by atomic mass is 16.7. The molecule has 21 heavy (non-hydrogen) atoms. The fraction of sp³-hybridized carbons (Fsp3) is 0.875. The van der Waals surface area contributed by atoms with Gasteiger partial charge in [-0.3, -0.25) is 4.79 Å². The van der Waals surface area contributed by atoms with E-state index >= 15 is 0 Å². The maximum Gasteiger partial charge on any atom is 0.508 e. The molecule has 2 saturated carbocycles. The van der Waals surface area contributed by atoms with Gasteiger partial charge in [0.25, 0.3) is 6.47 Å². The summed E-state index contributed by atoms with van der Waals surface area (Å²) in [4.78, 5) is 22.0. The lowest BCUT2D eigenvalue weighted by Crippen LogP contribution is -2.48. The van der Waals surface area contributed by atoms with Crippen LogP contribution in [-0.2, 0) is 19.0 Å². The van der Waals surface area contributed by atoms with Crippen molar-refractivity contribution in [1.29, 1.82) is 0 Å². The van der Waals surface area contributed by atoms with Crippen molar-refractivity contribution in [3.63, 3.8) is 0 Å². The SMILES string of the molecule is CCC1(OC(=O)OC)CC2CC(CC(C)(COC=O)C2)C1. The molecule has 120 valence electrons. The summed E-state index contributed by atoms with van der Waals surface area (Å²) in [6, 6.07) is 0. The van der Waals surface area contributed by atoms with Gasteiger partial charge in [-0.1, -0.05) is 13.8 Å².